The van der Waals surface area contributed by atoms with Crippen LogP contribution < -0.4 is 24.4 Å². The minimum Gasteiger partial charge on any atom is -0.490 e. The van der Waals surface area contributed by atoms with Crippen molar-refractivity contribution in [3.8, 4) is 11.5 Å². The van der Waals surface area contributed by atoms with E-state index in [2.05, 4.69) is 37.5 Å². The Morgan fingerprint density at radius 3 is 2.43 bits per heavy atom. The summed E-state index contributed by atoms with van der Waals surface area (Å²) in [5.74, 6) is 0.653. The summed E-state index contributed by atoms with van der Waals surface area (Å²) in [5.41, 5.74) is 4.55. The highest BCUT2D eigenvalue weighted by molar-refractivity contribution is 7.07. The number of carbonyl (C=O) groups excluding carboxylic acids is 1. The molecule has 2 aromatic carbocycles. The molecule has 0 saturated carbocycles. The van der Waals surface area contributed by atoms with E-state index in [0.717, 1.165) is 22.2 Å². The zero-order valence-corrected chi connectivity index (χ0v) is 26.0. The van der Waals surface area contributed by atoms with Gasteiger partial charge in [0.2, 0.25) is 0 Å². The molecule has 0 bridgehead atoms. The number of para-hydroxylation sites is 1. The molecular formula is C33H37N3O5S. The topological polar surface area (TPSA) is 84.1 Å². The van der Waals surface area contributed by atoms with Crippen molar-refractivity contribution >= 4 is 34.3 Å². The first-order valence-corrected chi connectivity index (χ1v) is 15.2. The van der Waals surface area contributed by atoms with Gasteiger partial charge in [-0.25, -0.2) is 9.79 Å². The van der Waals surface area contributed by atoms with E-state index < -0.39 is 12.0 Å². The molecule has 0 spiro atoms. The quantitative estimate of drug-likeness (QED) is 0.244. The number of fused-ring (bicyclic) bond motifs is 2. The molecule has 1 aliphatic heterocycles. The summed E-state index contributed by atoms with van der Waals surface area (Å²) in [7, 11) is 0. The predicted molar refractivity (Wildman–Crippen MR) is 166 cm³/mol. The molecule has 220 valence electrons. The van der Waals surface area contributed by atoms with Gasteiger partial charge < -0.3 is 18.8 Å². The van der Waals surface area contributed by atoms with Crippen LogP contribution >= 0.6 is 11.3 Å². The fourth-order valence-corrected chi connectivity index (χ4v) is 6.77. The van der Waals surface area contributed by atoms with Crippen LogP contribution in [-0.4, -0.2) is 34.9 Å². The Bertz CT molecular complexity index is 1880. The van der Waals surface area contributed by atoms with E-state index in [0.29, 0.717) is 50.9 Å². The average molecular weight is 588 g/mol. The third-order valence-electron chi connectivity index (χ3n) is 7.40. The maximum absolute atomic E-state index is 14.2. The fourth-order valence-electron chi connectivity index (χ4n) is 5.74. The number of hydrogen-bond acceptors (Lipinski definition) is 7. The predicted octanol–water partition coefficient (Wildman–Crippen LogP) is 5.44. The summed E-state index contributed by atoms with van der Waals surface area (Å²) < 4.78 is 21.6. The number of esters is 1. The third kappa shape index (κ3) is 5.06. The molecule has 3 heterocycles. The first-order valence-electron chi connectivity index (χ1n) is 14.4. The number of aromatic nitrogens is 2. The Morgan fingerprint density at radius 1 is 1.02 bits per heavy atom. The molecule has 2 aromatic heterocycles. The molecule has 4 aromatic rings. The van der Waals surface area contributed by atoms with Gasteiger partial charge in [-0.3, -0.25) is 9.36 Å². The highest BCUT2D eigenvalue weighted by atomic mass is 32.1. The van der Waals surface area contributed by atoms with Crippen molar-refractivity contribution in [3.05, 3.63) is 90.2 Å². The Morgan fingerprint density at radius 2 is 1.74 bits per heavy atom. The van der Waals surface area contributed by atoms with Gasteiger partial charge in [-0.15, -0.1) is 0 Å². The molecular weight excluding hydrogens is 550 g/mol. The summed E-state index contributed by atoms with van der Waals surface area (Å²) in [4.78, 5) is 32.8. The van der Waals surface area contributed by atoms with Gasteiger partial charge >= 0.3 is 5.97 Å². The second kappa shape index (κ2) is 12.0. The molecule has 0 N–H and O–H groups in total. The molecule has 1 aliphatic rings. The van der Waals surface area contributed by atoms with Crippen LogP contribution in [0.25, 0.3) is 17.0 Å². The molecule has 8 nitrogen and oxygen atoms in total. The Kier molecular flexibility index (Phi) is 8.41. The van der Waals surface area contributed by atoms with Crippen molar-refractivity contribution in [2.75, 3.05) is 19.8 Å². The fraction of sp³-hybridized carbons (Fsp3) is 0.364. The molecule has 0 saturated heterocycles. The number of hydrogen-bond donors (Lipinski definition) is 0. The van der Waals surface area contributed by atoms with Crippen molar-refractivity contribution in [2.24, 2.45) is 4.99 Å². The van der Waals surface area contributed by atoms with E-state index in [1.807, 2.05) is 50.3 Å². The van der Waals surface area contributed by atoms with Crippen LogP contribution in [0.1, 0.15) is 70.4 Å². The molecule has 42 heavy (non-hydrogen) atoms. The molecule has 1 atom stereocenters. The van der Waals surface area contributed by atoms with Crippen LogP contribution in [-0.2, 0) is 9.53 Å². The molecule has 9 heteroatoms. The summed E-state index contributed by atoms with van der Waals surface area (Å²) in [5, 5.41) is 1.09. The number of benzene rings is 2. The second-order valence-electron chi connectivity index (χ2n) is 10.4. The maximum Gasteiger partial charge on any atom is 0.338 e. The van der Waals surface area contributed by atoms with E-state index in [1.165, 1.54) is 11.3 Å². The zero-order chi connectivity index (χ0) is 30.1. The normalized spacial score (nSPS) is 15.2. The number of ether oxygens (including phenoxy) is 3. The highest BCUT2D eigenvalue weighted by Crippen LogP contribution is 2.36. The number of rotatable bonds is 9. The van der Waals surface area contributed by atoms with Crippen LogP contribution in [0.15, 0.2) is 63.5 Å². The standard InChI is InChI=1S/C33H37N3O5S/c1-8-39-26-16-15-22(17-27(26)40-9-2)30-29(32(38)41-10-3)20(6)34-33-36(30)31(37)28(42-33)18-24-21(7)35(19(4)5)25-14-12-11-13-23(24)25/h11-19,30H,8-10H2,1-7H3/b28-18+. The number of carbonyl (C=O) groups is 1. The van der Waals surface area contributed by atoms with Gasteiger partial charge in [0.25, 0.3) is 5.56 Å². The Balaban J connectivity index is 1.77. The largest absolute Gasteiger partial charge is 0.490 e. The van der Waals surface area contributed by atoms with Gasteiger partial charge in [0.15, 0.2) is 16.3 Å². The summed E-state index contributed by atoms with van der Waals surface area (Å²) >= 11 is 1.32. The number of nitrogens with zero attached hydrogens (tertiary/aromatic N) is 3. The Hall–Kier alpha value is -4.11. The summed E-state index contributed by atoms with van der Waals surface area (Å²) in [6.07, 6.45) is 1.96. The van der Waals surface area contributed by atoms with Crippen LogP contribution in [0.3, 0.4) is 0 Å². The minimum absolute atomic E-state index is 0.208. The lowest BCUT2D eigenvalue weighted by Gasteiger charge is -2.25. The van der Waals surface area contributed by atoms with Gasteiger partial charge in [-0.05, 0) is 78.3 Å². The summed E-state index contributed by atoms with van der Waals surface area (Å²) in [6, 6.07) is 13.3. The lowest BCUT2D eigenvalue weighted by molar-refractivity contribution is -0.139. The first-order chi connectivity index (χ1) is 20.2. The number of thiazole rings is 1. The van der Waals surface area contributed by atoms with Gasteiger partial charge in [-0.1, -0.05) is 35.6 Å². The van der Waals surface area contributed by atoms with E-state index in [4.69, 9.17) is 19.2 Å². The molecule has 0 radical (unpaired) electrons. The minimum atomic E-state index is -0.740. The molecule has 0 fully saturated rings. The first kappa shape index (κ1) is 29.4. The maximum atomic E-state index is 14.2. The number of allylic oxidation sites excluding steroid dienone is 1. The van der Waals surface area contributed by atoms with E-state index in [-0.39, 0.29) is 18.2 Å². The van der Waals surface area contributed by atoms with Crippen LogP contribution in [0.2, 0.25) is 0 Å². The monoisotopic (exact) mass is 587 g/mol. The van der Waals surface area contributed by atoms with Gasteiger partial charge in [0.1, 0.15) is 0 Å². The van der Waals surface area contributed by atoms with E-state index >= 15 is 0 Å². The van der Waals surface area contributed by atoms with Gasteiger partial charge in [-0.2, -0.15) is 0 Å². The Labute approximate surface area is 249 Å². The van der Waals surface area contributed by atoms with E-state index in [9.17, 15) is 9.59 Å². The SMILES string of the molecule is CCOC(=O)C1=C(C)N=c2s/c(=C/c3c(C)n(C(C)C)c4ccccc34)c(=O)n2C1c1ccc(OCC)c(OCC)c1. The highest BCUT2D eigenvalue weighted by Gasteiger charge is 2.34. The van der Waals surface area contributed by atoms with Crippen LogP contribution in [0, 0.1) is 6.92 Å². The van der Waals surface area contributed by atoms with Gasteiger partial charge in [0, 0.05) is 28.2 Å². The molecule has 1 unspecified atom stereocenters. The van der Waals surface area contributed by atoms with Crippen molar-refractivity contribution in [2.45, 2.75) is 60.5 Å². The molecule has 0 aliphatic carbocycles. The van der Waals surface area contributed by atoms with Crippen molar-refractivity contribution < 1.29 is 19.0 Å². The third-order valence-corrected chi connectivity index (χ3v) is 8.38. The van der Waals surface area contributed by atoms with Crippen LogP contribution in [0.5, 0.6) is 11.5 Å². The average Bonchev–Trinajstić information content (AvgIpc) is 3.42. The van der Waals surface area contributed by atoms with Crippen molar-refractivity contribution in [1.29, 1.82) is 0 Å². The zero-order valence-electron chi connectivity index (χ0n) is 25.2. The molecule has 0 amide bonds. The van der Waals surface area contributed by atoms with Crippen molar-refractivity contribution in [1.82, 2.24) is 9.13 Å². The van der Waals surface area contributed by atoms with Crippen molar-refractivity contribution in [3.63, 3.8) is 0 Å². The van der Waals surface area contributed by atoms with Crippen LogP contribution in [0.4, 0.5) is 0 Å². The smallest absolute Gasteiger partial charge is 0.338 e. The lowest BCUT2D eigenvalue weighted by atomic mass is 9.95. The summed E-state index contributed by atoms with van der Waals surface area (Å²) in [6.45, 7) is 14.9. The second-order valence-corrected chi connectivity index (χ2v) is 11.4. The van der Waals surface area contributed by atoms with E-state index in [1.54, 1.807) is 18.4 Å². The molecule has 5 rings (SSSR count). The lowest BCUT2D eigenvalue weighted by Crippen LogP contribution is -2.40. The van der Waals surface area contributed by atoms with Gasteiger partial charge in [0.05, 0.1) is 41.7 Å².